The second-order valence-corrected chi connectivity index (χ2v) is 8.63. The summed E-state index contributed by atoms with van der Waals surface area (Å²) in [6.07, 6.45) is 4.80. The summed E-state index contributed by atoms with van der Waals surface area (Å²) in [5.41, 5.74) is 7.79. The van der Waals surface area contributed by atoms with Crippen molar-refractivity contribution in [2.75, 3.05) is 34.4 Å². The first-order valence-corrected chi connectivity index (χ1v) is 11.3. The minimum Gasteiger partial charge on any atom is -0.497 e. The van der Waals surface area contributed by atoms with Crippen LogP contribution in [0, 0.1) is 0 Å². The molecule has 3 aromatic rings. The highest BCUT2D eigenvalue weighted by atomic mass is 16.5. The number of methoxy groups -OCH3 is 1. The van der Waals surface area contributed by atoms with Crippen LogP contribution in [0.5, 0.6) is 5.75 Å². The van der Waals surface area contributed by atoms with Crippen molar-refractivity contribution in [2.45, 2.75) is 31.8 Å². The third-order valence-corrected chi connectivity index (χ3v) is 6.11. The Morgan fingerprint density at radius 2 is 1.45 bits per heavy atom. The lowest BCUT2D eigenvalue weighted by Gasteiger charge is -2.26. The van der Waals surface area contributed by atoms with Crippen molar-refractivity contribution in [3.8, 4) is 28.0 Å². The highest BCUT2D eigenvalue weighted by Gasteiger charge is 2.21. The molecule has 3 aromatic carbocycles. The Balaban J connectivity index is 1.46. The van der Waals surface area contributed by atoms with Crippen molar-refractivity contribution in [3.63, 3.8) is 0 Å². The van der Waals surface area contributed by atoms with Crippen molar-refractivity contribution >= 4 is 0 Å². The fourth-order valence-electron chi connectivity index (χ4n) is 4.37. The van der Waals surface area contributed by atoms with E-state index in [4.69, 9.17) is 9.47 Å². The Hall–Kier alpha value is -2.62. The maximum atomic E-state index is 6.25. The lowest BCUT2D eigenvalue weighted by atomic mass is 9.87. The molecule has 0 saturated carbocycles. The highest BCUT2D eigenvalue weighted by molar-refractivity contribution is 5.71. The number of benzene rings is 3. The van der Waals surface area contributed by atoms with E-state index >= 15 is 0 Å². The largest absolute Gasteiger partial charge is 0.497 e. The van der Waals surface area contributed by atoms with Crippen LogP contribution in [0.15, 0.2) is 66.7 Å². The lowest BCUT2D eigenvalue weighted by molar-refractivity contribution is 0.0367. The topological polar surface area (TPSA) is 21.7 Å². The lowest BCUT2D eigenvalue weighted by Crippen LogP contribution is -2.17. The van der Waals surface area contributed by atoms with Gasteiger partial charge in [0.05, 0.1) is 13.2 Å². The number of fused-ring (bicyclic) bond motifs is 1. The first-order valence-electron chi connectivity index (χ1n) is 11.3. The molecular weight excluding hydrogens is 382 g/mol. The van der Waals surface area contributed by atoms with E-state index in [1.807, 2.05) is 12.1 Å². The standard InChI is InChI=1S/C28H33NO2/c1-29(2)18-5-19-31-28-7-4-6-25-20-24(14-17-27(25)28)23-10-8-21(9-11-23)22-12-15-26(30-3)16-13-22/h8-17,20,28H,4-7,18-19H2,1-3H3. The van der Waals surface area contributed by atoms with Crippen LogP contribution < -0.4 is 4.74 Å². The molecule has 0 aliphatic heterocycles. The Morgan fingerprint density at radius 1 is 0.839 bits per heavy atom. The third kappa shape index (κ3) is 5.36. The number of nitrogens with zero attached hydrogens (tertiary/aromatic N) is 1. The minimum absolute atomic E-state index is 0.248. The second-order valence-electron chi connectivity index (χ2n) is 8.63. The first kappa shape index (κ1) is 21.6. The fraction of sp³-hybridized carbons (Fsp3) is 0.357. The maximum Gasteiger partial charge on any atom is 0.118 e. The van der Waals surface area contributed by atoms with Gasteiger partial charge in [-0.3, -0.25) is 0 Å². The van der Waals surface area contributed by atoms with Crippen molar-refractivity contribution in [1.29, 1.82) is 0 Å². The number of aryl methyl sites for hydroxylation is 1. The van der Waals surface area contributed by atoms with E-state index in [1.165, 1.54) is 39.8 Å². The number of ether oxygens (including phenoxy) is 2. The zero-order valence-corrected chi connectivity index (χ0v) is 18.9. The molecule has 0 saturated heterocycles. The Labute approximate surface area is 186 Å². The van der Waals surface area contributed by atoms with Crippen LogP contribution in [-0.2, 0) is 11.2 Å². The second kappa shape index (κ2) is 10.1. The summed E-state index contributed by atoms with van der Waals surface area (Å²) < 4.78 is 11.5. The third-order valence-electron chi connectivity index (χ3n) is 6.11. The molecule has 1 unspecified atom stereocenters. The summed E-state index contributed by atoms with van der Waals surface area (Å²) in [5.74, 6) is 0.884. The van der Waals surface area contributed by atoms with Crippen LogP contribution in [0.25, 0.3) is 22.3 Å². The van der Waals surface area contributed by atoms with Gasteiger partial charge in [-0.25, -0.2) is 0 Å². The molecule has 1 atom stereocenters. The monoisotopic (exact) mass is 415 g/mol. The molecular formula is C28H33NO2. The Morgan fingerprint density at radius 3 is 2.10 bits per heavy atom. The summed E-state index contributed by atoms with van der Waals surface area (Å²) in [6, 6.07) is 24.0. The average Bonchev–Trinajstić information content (AvgIpc) is 2.81. The van der Waals surface area contributed by atoms with Gasteiger partial charge in [-0.05, 0) is 91.8 Å². The van der Waals surface area contributed by atoms with Gasteiger partial charge in [0.25, 0.3) is 0 Å². The van der Waals surface area contributed by atoms with Crippen molar-refractivity contribution in [1.82, 2.24) is 4.90 Å². The molecule has 31 heavy (non-hydrogen) atoms. The molecule has 3 heteroatoms. The summed E-state index contributed by atoms with van der Waals surface area (Å²) >= 11 is 0. The summed E-state index contributed by atoms with van der Waals surface area (Å²) in [5, 5.41) is 0. The molecule has 0 heterocycles. The number of hydrogen-bond acceptors (Lipinski definition) is 3. The quantitative estimate of drug-likeness (QED) is 0.399. The summed E-state index contributed by atoms with van der Waals surface area (Å²) in [7, 11) is 5.92. The fourth-order valence-corrected chi connectivity index (χ4v) is 4.37. The van der Waals surface area contributed by atoms with E-state index in [1.54, 1.807) is 7.11 Å². The summed E-state index contributed by atoms with van der Waals surface area (Å²) in [6.45, 7) is 1.90. The van der Waals surface area contributed by atoms with Gasteiger partial charge in [-0.1, -0.05) is 54.6 Å². The van der Waals surface area contributed by atoms with E-state index in [0.717, 1.165) is 38.2 Å². The maximum absolute atomic E-state index is 6.25. The van der Waals surface area contributed by atoms with E-state index in [9.17, 15) is 0 Å². The average molecular weight is 416 g/mol. The Bertz CT molecular complexity index is 977. The van der Waals surface area contributed by atoms with Gasteiger partial charge in [0, 0.05) is 6.61 Å². The molecule has 0 aromatic heterocycles. The van der Waals surface area contributed by atoms with Gasteiger partial charge in [-0.15, -0.1) is 0 Å². The highest BCUT2D eigenvalue weighted by Crippen LogP contribution is 2.35. The van der Waals surface area contributed by atoms with Crippen molar-refractivity contribution < 1.29 is 9.47 Å². The number of rotatable bonds is 8. The zero-order chi connectivity index (χ0) is 21.6. The van der Waals surface area contributed by atoms with Gasteiger partial charge >= 0.3 is 0 Å². The van der Waals surface area contributed by atoms with Gasteiger partial charge in [0.2, 0.25) is 0 Å². The molecule has 1 aliphatic rings. The van der Waals surface area contributed by atoms with Crippen LogP contribution >= 0.6 is 0 Å². The smallest absolute Gasteiger partial charge is 0.118 e. The molecule has 0 N–H and O–H groups in total. The predicted molar refractivity (Wildman–Crippen MR) is 129 cm³/mol. The molecule has 0 radical (unpaired) electrons. The Kier molecular flexibility index (Phi) is 7.06. The van der Waals surface area contributed by atoms with E-state index in [2.05, 4.69) is 73.6 Å². The van der Waals surface area contributed by atoms with E-state index in [0.29, 0.717) is 0 Å². The van der Waals surface area contributed by atoms with E-state index < -0.39 is 0 Å². The van der Waals surface area contributed by atoms with Gasteiger partial charge in [0.15, 0.2) is 0 Å². The van der Waals surface area contributed by atoms with Crippen molar-refractivity contribution in [3.05, 3.63) is 77.9 Å². The molecule has 162 valence electrons. The van der Waals surface area contributed by atoms with Gasteiger partial charge < -0.3 is 14.4 Å². The molecule has 3 nitrogen and oxygen atoms in total. The van der Waals surface area contributed by atoms with Crippen LogP contribution in [0.2, 0.25) is 0 Å². The SMILES string of the molecule is COc1ccc(-c2ccc(-c3ccc4c(c3)CCCC4OCCCN(C)C)cc2)cc1. The van der Waals surface area contributed by atoms with Crippen LogP contribution in [0.1, 0.15) is 36.5 Å². The van der Waals surface area contributed by atoms with Gasteiger partial charge in [-0.2, -0.15) is 0 Å². The molecule has 1 aliphatic carbocycles. The molecule has 0 fully saturated rings. The van der Waals surface area contributed by atoms with Crippen LogP contribution in [0.4, 0.5) is 0 Å². The normalized spacial score (nSPS) is 15.7. The molecule has 4 rings (SSSR count). The molecule has 0 amide bonds. The predicted octanol–water partition coefficient (Wildman–Crippen LogP) is 6.37. The first-order chi connectivity index (χ1) is 15.1. The van der Waals surface area contributed by atoms with E-state index in [-0.39, 0.29) is 6.10 Å². The minimum atomic E-state index is 0.248. The zero-order valence-electron chi connectivity index (χ0n) is 18.9. The van der Waals surface area contributed by atoms with Crippen LogP contribution in [0.3, 0.4) is 0 Å². The van der Waals surface area contributed by atoms with Crippen molar-refractivity contribution in [2.24, 2.45) is 0 Å². The van der Waals surface area contributed by atoms with Gasteiger partial charge in [0.1, 0.15) is 5.75 Å². The molecule has 0 bridgehead atoms. The number of hydrogen-bond donors (Lipinski definition) is 0. The molecule has 0 spiro atoms. The summed E-state index contributed by atoms with van der Waals surface area (Å²) in [4.78, 5) is 2.21. The van der Waals surface area contributed by atoms with Crippen LogP contribution in [-0.4, -0.2) is 39.3 Å².